The van der Waals surface area contributed by atoms with Crippen molar-refractivity contribution in [3.8, 4) is 0 Å². The molecule has 0 saturated carbocycles. The van der Waals surface area contributed by atoms with Gasteiger partial charge in [0.15, 0.2) is 0 Å². The summed E-state index contributed by atoms with van der Waals surface area (Å²) in [7, 11) is 5.13. The minimum Gasteiger partial charge on any atom is -0.501 e. The Labute approximate surface area is 93.4 Å². The van der Waals surface area contributed by atoms with Gasteiger partial charge in [0.2, 0.25) is 0 Å². The van der Waals surface area contributed by atoms with Crippen LogP contribution in [0, 0.1) is 0 Å². The van der Waals surface area contributed by atoms with Gasteiger partial charge >= 0.3 is 6.18 Å². The number of rotatable bonds is 3. The Hall–Kier alpha value is -0.970. The molecule has 16 heavy (non-hydrogen) atoms. The quantitative estimate of drug-likeness (QED) is 0.745. The van der Waals surface area contributed by atoms with Crippen LogP contribution in [0.5, 0.6) is 0 Å². The van der Waals surface area contributed by atoms with Crippen LogP contribution in [0.25, 0.3) is 0 Å². The number of ether oxygens (including phenoxy) is 1. The highest BCUT2D eigenvalue weighted by atomic mass is 19.4. The number of halogens is 3. The van der Waals surface area contributed by atoms with Crippen molar-refractivity contribution in [2.24, 2.45) is 0 Å². The van der Waals surface area contributed by atoms with Crippen molar-refractivity contribution in [3.05, 3.63) is 23.0 Å². The molecule has 2 nitrogen and oxygen atoms in total. The molecule has 0 radical (unpaired) electrons. The van der Waals surface area contributed by atoms with Gasteiger partial charge in [-0.2, -0.15) is 13.2 Å². The smallest absolute Gasteiger partial charge is 0.412 e. The van der Waals surface area contributed by atoms with Crippen LogP contribution in [0.4, 0.5) is 13.2 Å². The summed E-state index contributed by atoms with van der Waals surface area (Å²) in [6, 6.07) is 0. The van der Waals surface area contributed by atoms with Gasteiger partial charge in [0.05, 0.1) is 7.11 Å². The minimum absolute atomic E-state index is 0.00357. The molecule has 1 aliphatic rings. The summed E-state index contributed by atoms with van der Waals surface area (Å²) in [5.41, 5.74) is 0.149. The molecule has 0 aromatic heterocycles. The fourth-order valence-corrected chi connectivity index (χ4v) is 1.70. The van der Waals surface area contributed by atoms with E-state index in [-0.39, 0.29) is 6.42 Å². The molecule has 5 heteroatoms. The molecule has 0 heterocycles. The van der Waals surface area contributed by atoms with Gasteiger partial charge in [-0.25, -0.2) is 0 Å². The van der Waals surface area contributed by atoms with Gasteiger partial charge < -0.3 is 9.64 Å². The van der Waals surface area contributed by atoms with E-state index in [1.807, 2.05) is 19.0 Å². The molecular weight excluding hydrogens is 219 g/mol. The zero-order chi connectivity index (χ0) is 12.3. The standard InChI is InChI=1S/C11H16F3NO/c1-15(2)7-8-6-9(11(12,13)14)4-5-10(8)16-3/h6H,4-5,7H2,1-3H3. The number of hydrogen-bond acceptors (Lipinski definition) is 2. The third-order valence-electron chi connectivity index (χ3n) is 2.43. The van der Waals surface area contributed by atoms with Crippen LogP contribution in [-0.4, -0.2) is 38.8 Å². The second-order valence-corrected chi connectivity index (χ2v) is 4.06. The lowest BCUT2D eigenvalue weighted by atomic mass is 9.97. The normalized spacial score (nSPS) is 17.8. The maximum atomic E-state index is 12.5. The molecular formula is C11H16F3NO. The minimum atomic E-state index is -4.23. The molecule has 0 fully saturated rings. The zero-order valence-corrected chi connectivity index (χ0v) is 9.69. The predicted molar refractivity (Wildman–Crippen MR) is 56.0 cm³/mol. The van der Waals surface area contributed by atoms with E-state index in [1.165, 1.54) is 13.2 Å². The van der Waals surface area contributed by atoms with Crippen LogP contribution in [0.1, 0.15) is 12.8 Å². The fraction of sp³-hybridized carbons (Fsp3) is 0.636. The van der Waals surface area contributed by atoms with Crippen LogP contribution < -0.4 is 0 Å². The molecule has 92 valence electrons. The fourth-order valence-electron chi connectivity index (χ4n) is 1.70. The number of likely N-dealkylation sites (N-methyl/N-ethyl adjacent to an activating group) is 1. The van der Waals surface area contributed by atoms with E-state index in [9.17, 15) is 13.2 Å². The van der Waals surface area contributed by atoms with Gasteiger partial charge in [-0.15, -0.1) is 0 Å². The lowest BCUT2D eigenvalue weighted by Gasteiger charge is -2.22. The summed E-state index contributed by atoms with van der Waals surface area (Å²) in [6.45, 7) is 0.461. The molecule has 0 N–H and O–H groups in total. The predicted octanol–water partition coefficient (Wildman–Crippen LogP) is 2.73. The van der Waals surface area contributed by atoms with Crippen molar-refractivity contribution in [2.45, 2.75) is 19.0 Å². The summed E-state index contributed by atoms with van der Waals surface area (Å²) in [6.07, 6.45) is -2.69. The van der Waals surface area contributed by atoms with Crippen LogP contribution in [0.3, 0.4) is 0 Å². The molecule has 0 aromatic rings. The highest BCUT2D eigenvalue weighted by molar-refractivity contribution is 5.34. The van der Waals surface area contributed by atoms with Gasteiger partial charge in [-0.3, -0.25) is 0 Å². The molecule has 0 amide bonds. The second kappa shape index (κ2) is 4.91. The lowest BCUT2D eigenvalue weighted by molar-refractivity contribution is -0.0945. The third-order valence-corrected chi connectivity index (χ3v) is 2.43. The molecule has 0 atom stereocenters. The molecule has 0 unspecified atom stereocenters. The Balaban J connectivity index is 2.96. The van der Waals surface area contributed by atoms with E-state index in [0.29, 0.717) is 24.3 Å². The van der Waals surface area contributed by atoms with Crippen molar-refractivity contribution in [3.63, 3.8) is 0 Å². The van der Waals surface area contributed by atoms with Crippen molar-refractivity contribution < 1.29 is 17.9 Å². The highest BCUT2D eigenvalue weighted by Crippen LogP contribution is 2.35. The van der Waals surface area contributed by atoms with Crippen molar-refractivity contribution in [1.82, 2.24) is 4.90 Å². The van der Waals surface area contributed by atoms with Crippen LogP contribution >= 0.6 is 0 Å². The molecule has 0 bridgehead atoms. The Kier molecular flexibility index (Phi) is 4.02. The van der Waals surface area contributed by atoms with Gasteiger partial charge in [0.25, 0.3) is 0 Å². The first-order valence-corrected chi connectivity index (χ1v) is 5.03. The Bertz CT molecular complexity index is 316. The van der Waals surface area contributed by atoms with Gasteiger partial charge in [-0.05, 0) is 26.6 Å². The summed E-state index contributed by atoms with van der Waals surface area (Å²) in [5, 5.41) is 0. The van der Waals surface area contributed by atoms with E-state index in [2.05, 4.69) is 0 Å². The van der Waals surface area contributed by atoms with Gasteiger partial charge in [0, 0.05) is 24.1 Å². The summed E-state index contributed by atoms with van der Waals surface area (Å²) in [4.78, 5) is 1.82. The number of alkyl halides is 3. The van der Waals surface area contributed by atoms with E-state index in [0.717, 1.165) is 0 Å². The number of methoxy groups -OCH3 is 1. The molecule has 0 aromatic carbocycles. The van der Waals surface area contributed by atoms with E-state index >= 15 is 0 Å². The Morgan fingerprint density at radius 2 is 1.94 bits per heavy atom. The van der Waals surface area contributed by atoms with Gasteiger partial charge in [-0.1, -0.05) is 0 Å². The van der Waals surface area contributed by atoms with Crippen molar-refractivity contribution in [1.29, 1.82) is 0 Å². The number of hydrogen-bond donors (Lipinski definition) is 0. The Morgan fingerprint density at radius 3 is 2.38 bits per heavy atom. The summed E-state index contributed by atoms with van der Waals surface area (Å²) >= 11 is 0. The average Bonchev–Trinajstić information content (AvgIpc) is 2.15. The van der Waals surface area contributed by atoms with Crippen LogP contribution in [-0.2, 0) is 4.74 Å². The SMILES string of the molecule is COC1=C(CN(C)C)C=C(C(F)(F)F)CC1. The number of nitrogens with zero attached hydrogens (tertiary/aromatic N) is 1. The first kappa shape index (κ1) is 13.1. The zero-order valence-electron chi connectivity index (χ0n) is 9.69. The summed E-state index contributed by atoms with van der Waals surface area (Å²) in [5.74, 6) is 0.654. The Morgan fingerprint density at radius 1 is 1.31 bits per heavy atom. The highest BCUT2D eigenvalue weighted by Gasteiger charge is 2.35. The summed E-state index contributed by atoms with van der Waals surface area (Å²) < 4.78 is 42.7. The first-order valence-electron chi connectivity index (χ1n) is 5.03. The van der Waals surface area contributed by atoms with E-state index in [1.54, 1.807) is 0 Å². The molecule has 1 aliphatic carbocycles. The van der Waals surface area contributed by atoms with E-state index < -0.39 is 11.7 Å². The van der Waals surface area contributed by atoms with Crippen LogP contribution in [0.15, 0.2) is 23.0 Å². The second-order valence-electron chi connectivity index (χ2n) is 4.06. The maximum Gasteiger partial charge on any atom is 0.412 e. The van der Waals surface area contributed by atoms with Crippen LogP contribution in [0.2, 0.25) is 0 Å². The monoisotopic (exact) mass is 235 g/mol. The van der Waals surface area contributed by atoms with Crippen molar-refractivity contribution >= 4 is 0 Å². The molecule has 0 spiro atoms. The van der Waals surface area contributed by atoms with E-state index in [4.69, 9.17) is 4.74 Å². The first-order chi connectivity index (χ1) is 7.34. The maximum absolute atomic E-state index is 12.5. The largest absolute Gasteiger partial charge is 0.501 e. The number of allylic oxidation sites excluding steroid dienone is 2. The molecule has 0 aliphatic heterocycles. The van der Waals surface area contributed by atoms with Crippen molar-refractivity contribution in [2.75, 3.05) is 27.7 Å². The topological polar surface area (TPSA) is 12.5 Å². The molecule has 0 saturated heterocycles. The lowest BCUT2D eigenvalue weighted by Crippen LogP contribution is -2.21. The average molecular weight is 235 g/mol. The third kappa shape index (κ3) is 3.27. The molecule has 1 rings (SSSR count). The van der Waals surface area contributed by atoms with Gasteiger partial charge in [0.1, 0.15) is 5.76 Å².